The molecule has 0 fully saturated rings. The predicted molar refractivity (Wildman–Crippen MR) is 67.1 cm³/mol. The van der Waals surface area contributed by atoms with Gasteiger partial charge in [0.25, 0.3) is 5.56 Å². The molecule has 0 aliphatic carbocycles. The van der Waals surface area contributed by atoms with E-state index in [-0.39, 0.29) is 4.77 Å². The van der Waals surface area contributed by atoms with Gasteiger partial charge in [-0.1, -0.05) is 26.2 Å². The highest BCUT2D eigenvalue weighted by molar-refractivity contribution is 7.71. The van der Waals surface area contributed by atoms with Crippen LogP contribution in [0.25, 0.3) is 0 Å². The number of hydrogen-bond acceptors (Lipinski definition) is 5. The largest absolute Gasteiger partial charge is 0.493 e. The van der Waals surface area contributed by atoms with Crippen molar-refractivity contribution in [2.45, 2.75) is 39.2 Å². The Labute approximate surface area is 103 Å². The van der Waals surface area contributed by atoms with Crippen LogP contribution in [0, 0.1) is 9.68 Å². The zero-order valence-corrected chi connectivity index (χ0v) is 10.4. The van der Waals surface area contributed by atoms with Crippen molar-refractivity contribution in [1.29, 1.82) is 0 Å². The SMILES string of the molecule is CCCCCCn1c(O)c(N=O)c(=O)[nH]c1=S. The molecule has 94 valence electrons. The van der Waals surface area contributed by atoms with Gasteiger partial charge in [-0.25, -0.2) is 0 Å². The number of aromatic nitrogens is 2. The Morgan fingerprint density at radius 1 is 1.41 bits per heavy atom. The van der Waals surface area contributed by atoms with E-state index in [4.69, 9.17) is 12.2 Å². The molecule has 0 bridgehead atoms. The Morgan fingerprint density at radius 3 is 2.71 bits per heavy atom. The summed E-state index contributed by atoms with van der Waals surface area (Å²) >= 11 is 4.92. The molecule has 0 aliphatic rings. The average Bonchev–Trinajstić information content (AvgIpc) is 2.28. The van der Waals surface area contributed by atoms with Crippen LogP contribution < -0.4 is 5.56 Å². The first-order valence-corrected chi connectivity index (χ1v) is 5.92. The number of nitrogens with one attached hydrogen (secondary N) is 1. The summed E-state index contributed by atoms with van der Waals surface area (Å²) in [6.07, 6.45) is 4.01. The summed E-state index contributed by atoms with van der Waals surface area (Å²) in [5, 5.41) is 12.2. The second-order valence-electron chi connectivity index (χ2n) is 3.74. The number of hydrogen-bond donors (Lipinski definition) is 2. The van der Waals surface area contributed by atoms with Crippen LogP contribution in [0.1, 0.15) is 32.6 Å². The summed E-state index contributed by atoms with van der Waals surface area (Å²) in [7, 11) is 0. The van der Waals surface area contributed by atoms with Crippen molar-refractivity contribution in [2.75, 3.05) is 0 Å². The van der Waals surface area contributed by atoms with Gasteiger partial charge in [-0.15, -0.1) is 4.91 Å². The van der Waals surface area contributed by atoms with Crippen molar-refractivity contribution in [1.82, 2.24) is 9.55 Å². The van der Waals surface area contributed by atoms with Crippen molar-refractivity contribution in [3.8, 4) is 5.88 Å². The molecule has 0 saturated heterocycles. The average molecular weight is 257 g/mol. The van der Waals surface area contributed by atoms with E-state index in [0.717, 1.165) is 25.7 Å². The first-order valence-electron chi connectivity index (χ1n) is 5.51. The molecule has 1 aromatic rings. The number of H-pyrrole nitrogens is 1. The van der Waals surface area contributed by atoms with E-state index >= 15 is 0 Å². The van der Waals surface area contributed by atoms with Crippen LogP contribution in [-0.4, -0.2) is 14.7 Å². The molecule has 0 unspecified atom stereocenters. The lowest BCUT2D eigenvalue weighted by atomic mass is 10.2. The van der Waals surface area contributed by atoms with Gasteiger partial charge in [-0.05, 0) is 23.8 Å². The number of aromatic hydroxyl groups is 1. The number of nitrogens with zero attached hydrogens (tertiary/aromatic N) is 2. The summed E-state index contributed by atoms with van der Waals surface area (Å²) in [6.45, 7) is 2.56. The van der Waals surface area contributed by atoms with Gasteiger partial charge in [-0.3, -0.25) is 14.3 Å². The van der Waals surface area contributed by atoms with E-state index in [1.165, 1.54) is 4.57 Å². The van der Waals surface area contributed by atoms with E-state index in [2.05, 4.69) is 17.1 Å². The molecule has 0 saturated carbocycles. The first-order chi connectivity index (χ1) is 8.11. The van der Waals surface area contributed by atoms with Gasteiger partial charge in [0.1, 0.15) is 0 Å². The van der Waals surface area contributed by atoms with Crippen LogP contribution in [0.5, 0.6) is 5.88 Å². The summed E-state index contributed by atoms with van der Waals surface area (Å²) in [5.74, 6) is -0.453. The van der Waals surface area contributed by atoms with E-state index in [1.807, 2.05) is 0 Å². The third kappa shape index (κ3) is 3.23. The molecular formula is C10H15N3O3S. The third-order valence-corrected chi connectivity index (χ3v) is 2.80. The fraction of sp³-hybridized carbons (Fsp3) is 0.600. The lowest BCUT2D eigenvalue weighted by Crippen LogP contribution is -2.13. The maximum absolute atomic E-state index is 11.2. The number of aromatic amines is 1. The molecular weight excluding hydrogens is 242 g/mol. The molecule has 1 heterocycles. The minimum absolute atomic E-state index is 0.108. The second-order valence-corrected chi connectivity index (χ2v) is 4.12. The number of nitroso groups, excluding NO2 is 1. The minimum atomic E-state index is -0.757. The Hall–Kier alpha value is -1.50. The maximum atomic E-state index is 11.2. The first kappa shape index (κ1) is 13.6. The Morgan fingerprint density at radius 2 is 2.12 bits per heavy atom. The van der Waals surface area contributed by atoms with Crippen LogP contribution >= 0.6 is 12.2 Å². The van der Waals surface area contributed by atoms with E-state index in [9.17, 15) is 14.8 Å². The molecule has 0 atom stereocenters. The quantitative estimate of drug-likeness (QED) is 0.466. The van der Waals surface area contributed by atoms with Crippen LogP contribution in [0.15, 0.2) is 9.97 Å². The molecule has 0 aliphatic heterocycles. The normalized spacial score (nSPS) is 10.4. The van der Waals surface area contributed by atoms with Crippen molar-refractivity contribution < 1.29 is 5.11 Å². The number of unbranched alkanes of at least 4 members (excludes halogenated alkanes) is 3. The molecule has 6 nitrogen and oxygen atoms in total. The highest BCUT2D eigenvalue weighted by Gasteiger charge is 2.12. The lowest BCUT2D eigenvalue weighted by Gasteiger charge is -2.09. The topological polar surface area (TPSA) is 87.4 Å². The van der Waals surface area contributed by atoms with Gasteiger partial charge in [-0.2, -0.15) is 0 Å². The predicted octanol–water partition coefficient (Wildman–Crippen LogP) is 2.59. The summed E-state index contributed by atoms with van der Waals surface area (Å²) in [6, 6.07) is 0. The molecule has 7 heteroatoms. The number of rotatable bonds is 6. The standard InChI is InChI=1S/C10H15N3O3S/c1-2-3-4-5-6-13-9(15)7(12-16)8(14)11-10(13)17/h15H,2-6H2,1H3,(H,11,14,17). The zero-order chi connectivity index (χ0) is 12.8. The van der Waals surface area contributed by atoms with Crippen molar-refractivity contribution in [2.24, 2.45) is 5.18 Å². The molecule has 0 amide bonds. The van der Waals surface area contributed by atoms with Crippen molar-refractivity contribution in [3.63, 3.8) is 0 Å². The van der Waals surface area contributed by atoms with Crippen LogP contribution in [-0.2, 0) is 6.54 Å². The molecule has 0 aromatic carbocycles. The van der Waals surface area contributed by atoms with Gasteiger partial charge in [0.15, 0.2) is 4.77 Å². The van der Waals surface area contributed by atoms with Crippen molar-refractivity contribution in [3.05, 3.63) is 20.0 Å². The zero-order valence-electron chi connectivity index (χ0n) is 9.60. The van der Waals surface area contributed by atoms with Crippen molar-refractivity contribution >= 4 is 17.9 Å². The van der Waals surface area contributed by atoms with Gasteiger partial charge in [0.05, 0.1) is 0 Å². The van der Waals surface area contributed by atoms with Crippen LogP contribution in [0.3, 0.4) is 0 Å². The summed E-state index contributed by atoms with van der Waals surface area (Å²) < 4.78 is 1.43. The molecule has 17 heavy (non-hydrogen) atoms. The Kier molecular flexibility index (Phi) is 5.02. The van der Waals surface area contributed by atoms with Gasteiger partial charge in [0, 0.05) is 6.54 Å². The highest BCUT2D eigenvalue weighted by atomic mass is 32.1. The van der Waals surface area contributed by atoms with Crippen LogP contribution in [0.2, 0.25) is 0 Å². The van der Waals surface area contributed by atoms with E-state index in [1.54, 1.807) is 0 Å². The molecule has 1 rings (SSSR count). The maximum Gasteiger partial charge on any atom is 0.285 e. The fourth-order valence-electron chi connectivity index (χ4n) is 1.54. The lowest BCUT2D eigenvalue weighted by molar-refractivity contribution is 0.399. The molecule has 0 spiro atoms. The van der Waals surface area contributed by atoms with Gasteiger partial charge in [0.2, 0.25) is 11.6 Å². The molecule has 1 aromatic heterocycles. The fourth-order valence-corrected chi connectivity index (χ4v) is 1.81. The third-order valence-electron chi connectivity index (χ3n) is 2.47. The molecule has 0 radical (unpaired) electrons. The Balaban J connectivity index is 2.96. The van der Waals surface area contributed by atoms with Gasteiger partial charge < -0.3 is 5.11 Å². The van der Waals surface area contributed by atoms with E-state index in [0.29, 0.717) is 6.54 Å². The highest BCUT2D eigenvalue weighted by Crippen LogP contribution is 2.21. The second kappa shape index (κ2) is 6.29. The summed E-state index contributed by atoms with van der Waals surface area (Å²) in [5.41, 5.74) is -1.28. The monoisotopic (exact) mass is 257 g/mol. The van der Waals surface area contributed by atoms with Crippen LogP contribution in [0.4, 0.5) is 5.69 Å². The molecule has 2 N–H and O–H groups in total. The minimum Gasteiger partial charge on any atom is -0.493 e. The smallest absolute Gasteiger partial charge is 0.285 e. The Bertz CT molecular complexity index is 506. The van der Waals surface area contributed by atoms with E-state index < -0.39 is 17.1 Å². The van der Waals surface area contributed by atoms with Gasteiger partial charge >= 0.3 is 0 Å². The summed E-state index contributed by atoms with van der Waals surface area (Å²) in [4.78, 5) is 24.0.